The molecule has 2 rings (SSSR count). The molecule has 0 spiro atoms. The Morgan fingerprint density at radius 3 is 1.84 bits per heavy atom. The summed E-state index contributed by atoms with van der Waals surface area (Å²) in [4.78, 5) is 24.5. The van der Waals surface area contributed by atoms with Crippen LogP contribution < -0.4 is 9.47 Å². The van der Waals surface area contributed by atoms with E-state index in [0.29, 0.717) is 30.1 Å². The monoisotopic (exact) mass is 442 g/mol. The maximum Gasteiger partial charge on any atom is 0.343 e. The maximum atomic E-state index is 12.3. The van der Waals surface area contributed by atoms with Crippen molar-refractivity contribution in [1.29, 1.82) is 0 Å². The zero-order valence-corrected chi connectivity index (χ0v) is 19.1. The largest absolute Gasteiger partial charge is 0.494 e. The van der Waals surface area contributed by atoms with Crippen molar-refractivity contribution in [3.63, 3.8) is 0 Å². The van der Waals surface area contributed by atoms with Gasteiger partial charge in [0.1, 0.15) is 11.5 Å². The maximum absolute atomic E-state index is 12.3. The Hall–Kier alpha value is -2.86. The van der Waals surface area contributed by atoms with Gasteiger partial charge >= 0.3 is 11.9 Å². The number of rotatable bonds is 15. The van der Waals surface area contributed by atoms with E-state index < -0.39 is 5.97 Å². The van der Waals surface area contributed by atoms with Crippen molar-refractivity contribution in [2.75, 3.05) is 26.9 Å². The fraction of sp³-hybridized carbons (Fsp3) is 0.462. The van der Waals surface area contributed by atoms with Gasteiger partial charge in [0.2, 0.25) is 0 Å². The van der Waals surface area contributed by atoms with Crippen LogP contribution in [-0.4, -0.2) is 38.9 Å². The second-order valence-corrected chi connectivity index (χ2v) is 7.54. The number of carbonyl (C=O) groups excluding carboxylic acids is 2. The molecule has 0 N–H and O–H groups in total. The molecular formula is C26H34O6. The molecule has 0 aromatic heterocycles. The van der Waals surface area contributed by atoms with E-state index >= 15 is 0 Å². The number of esters is 2. The smallest absolute Gasteiger partial charge is 0.343 e. The summed E-state index contributed by atoms with van der Waals surface area (Å²) in [5.41, 5.74) is 0.855. The van der Waals surface area contributed by atoms with E-state index in [4.69, 9.17) is 18.9 Å². The molecule has 0 amide bonds. The first-order chi connectivity index (χ1) is 15.6. The van der Waals surface area contributed by atoms with Gasteiger partial charge in [-0.15, -0.1) is 0 Å². The number of hydrogen-bond donors (Lipinski definition) is 0. The summed E-state index contributed by atoms with van der Waals surface area (Å²) in [6.07, 6.45) is 7.19. The fourth-order valence-corrected chi connectivity index (χ4v) is 3.00. The summed E-state index contributed by atoms with van der Waals surface area (Å²) in [6.45, 7) is 3.96. The molecular weight excluding hydrogens is 408 g/mol. The molecule has 0 atom stereocenters. The van der Waals surface area contributed by atoms with E-state index in [0.717, 1.165) is 57.3 Å². The zero-order chi connectivity index (χ0) is 23.0. The third-order valence-electron chi connectivity index (χ3n) is 4.88. The average Bonchev–Trinajstić information content (AvgIpc) is 2.82. The van der Waals surface area contributed by atoms with Crippen LogP contribution >= 0.6 is 0 Å². The molecule has 0 radical (unpaired) electrons. The molecule has 0 aliphatic rings. The van der Waals surface area contributed by atoms with Crippen molar-refractivity contribution in [2.45, 2.75) is 51.9 Å². The molecule has 0 saturated heterocycles. The molecule has 2 aromatic rings. The third-order valence-corrected chi connectivity index (χ3v) is 4.88. The standard InChI is InChI=1S/C26H34O6/c1-3-4-7-19-30-23-14-10-22(11-15-23)26(28)32-24-16-12-21(13-17-24)25(27)31-20-9-6-5-8-18-29-2/h10-17H,3-9,18-20H2,1-2H3. The third kappa shape index (κ3) is 9.52. The van der Waals surface area contributed by atoms with Crippen molar-refractivity contribution in [3.8, 4) is 11.5 Å². The van der Waals surface area contributed by atoms with Crippen LogP contribution in [0.1, 0.15) is 72.6 Å². The van der Waals surface area contributed by atoms with E-state index in [-0.39, 0.29) is 5.97 Å². The summed E-state index contributed by atoms with van der Waals surface area (Å²) in [5, 5.41) is 0. The van der Waals surface area contributed by atoms with Gasteiger partial charge in [-0.05, 0) is 74.2 Å². The Morgan fingerprint density at radius 1 is 0.656 bits per heavy atom. The van der Waals surface area contributed by atoms with Crippen LogP contribution in [0, 0.1) is 0 Å². The van der Waals surface area contributed by atoms with Crippen LogP contribution in [0.5, 0.6) is 11.5 Å². The Labute approximate surface area is 190 Å². The molecule has 0 aliphatic carbocycles. The Morgan fingerprint density at radius 2 is 1.22 bits per heavy atom. The van der Waals surface area contributed by atoms with Crippen LogP contribution in [0.3, 0.4) is 0 Å². The van der Waals surface area contributed by atoms with E-state index in [1.165, 1.54) is 0 Å². The minimum Gasteiger partial charge on any atom is -0.494 e. The Bertz CT molecular complexity index is 798. The van der Waals surface area contributed by atoms with Crippen LogP contribution in [-0.2, 0) is 9.47 Å². The minimum absolute atomic E-state index is 0.365. The lowest BCUT2D eigenvalue weighted by Gasteiger charge is -2.08. The number of hydrogen-bond acceptors (Lipinski definition) is 6. The van der Waals surface area contributed by atoms with Crippen molar-refractivity contribution >= 4 is 11.9 Å². The molecule has 0 heterocycles. The molecule has 6 nitrogen and oxygen atoms in total. The average molecular weight is 443 g/mol. The first-order valence-corrected chi connectivity index (χ1v) is 11.3. The highest BCUT2D eigenvalue weighted by molar-refractivity contribution is 5.92. The van der Waals surface area contributed by atoms with E-state index in [1.807, 2.05) is 0 Å². The van der Waals surface area contributed by atoms with Gasteiger partial charge in [-0.2, -0.15) is 0 Å². The van der Waals surface area contributed by atoms with Crippen molar-refractivity contribution in [2.24, 2.45) is 0 Å². The van der Waals surface area contributed by atoms with Crippen molar-refractivity contribution in [1.82, 2.24) is 0 Å². The molecule has 0 saturated carbocycles. The Balaban J connectivity index is 1.74. The first-order valence-electron chi connectivity index (χ1n) is 11.3. The van der Waals surface area contributed by atoms with E-state index in [9.17, 15) is 9.59 Å². The summed E-state index contributed by atoms with van der Waals surface area (Å²) >= 11 is 0. The number of methoxy groups -OCH3 is 1. The van der Waals surface area contributed by atoms with Gasteiger partial charge in [0.25, 0.3) is 0 Å². The van der Waals surface area contributed by atoms with Gasteiger partial charge in [-0.3, -0.25) is 0 Å². The summed E-state index contributed by atoms with van der Waals surface area (Å²) in [7, 11) is 1.69. The summed E-state index contributed by atoms with van der Waals surface area (Å²) in [5.74, 6) is 0.251. The van der Waals surface area contributed by atoms with Gasteiger partial charge in [-0.25, -0.2) is 9.59 Å². The molecule has 0 unspecified atom stereocenters. The second-order valence-electron chi connectivity index (χ2n) is 7.54. The van der Waals surface area contributed by atoms with Crippen molar-refractivity contribution < 1.29 is 28.5 Å². The molecule has 32 heavy (non-hydrogen) atoms. The van der Waals surface area contributed by atoms with Gasteiger partial charge < -0.3 is 18.9 Å². The van der Waals surface area contributed by atoms with Crippen LogP contribution in [0.4, 0.5) is 0 Å². The van der Waals surface area contributed by atoms with Gasteiger partial charge in [0.05, 0.1) is 24.3 Å². The normalized spacial score (nSPS) is 10.6. The van der Waals surface area contributed by atoms with Crippen molar-refractivity contribution in [3.05, 3.63) is 59.7 Å². The minimum atomic E-state index is -0.466. The van der Waals surface area contributed by atoms with Gasteiger partial charge in [-0.1, -0.05) is 26.2 Å². The number of ether oxygens (including phenoxy) is 4. The molecule has 0 bridgehead atoms. The van der Waals surface area contributed by atoms with E-state index in [1.54, 1.807) is 55.6 Å². The van der Waals surface area contributed by atoms with E-state index in [2.05, 4.69) is 6.92 Å². The van der Waals surface area contributed by atoms with Crippen LogP contribution in [0.2, 0.25) is 0 Å². The zero-order valence-electron chi connectivity index (χ0n) is 19.1. The SMILES string of the molecule is CCCCCOc1ccc(C(=O)Oc2ccc(C(=O)OCCCCCCOC)cc2)cc1. The summed E-state index contributed by atoms with van der Waals surface area (Å²) < 4.78 is 21.3. The lowest BCUT2D eigenvalue weighted by atomic mass is 10.2. The van der Waals surface area contributed by atoms with Gasteiger partial charge in [0, 0.05) is 13.7 Å². The topological polar surface area (TPSA) is 71.1 Å². The highest BCUT2D eigenvalue weighted by Crippen LogP contribution is 2.17. The van der Waals surface area contributed by atoms with Crippen LogP contribution in [0.15, 0.2) is 48.5 Å². The molecule has 2 aromatic carbocycles. The molecule has 6 heteroatoms. The molecule has 0 fully saturated rings. The quantitative estimate of drug-likeness (QED) is 0.196. The van der Waals surface area contributed by atoms with Gasteiger partial charge in [0.15, 0.2) is 0 Å². The summed E-state index contributed by atoms with van der Waals surface area (Å²) in [6, 6.07) is 13.2. The highest BCUT2D eigenvalue weighted by Gasteiger charge is 2.11. The van der Waals surface area contributed by atoms with Crippen LogP contribution in [0.25, 0.3) is 0 Å². The highest BCUT2D eigenvalue weighted by atomic mass is 16.5. The lowest BCUT2D eigenvalue weighted by Crippen LogP contribution is -2.09. The molecule has 0 aliphatic heterocycles. The fourth-order valence-electron chi connectivity index (χ4n) is 3.00. The number of unbranched alkanes of at least 4 members (excludes halogenated alkanes) is 5. The predicted octanol–water partition coefficient (Wildman–Crippen LogP) is 5.84. The lowest BCUT2D eigenvalue weighted by molar-refractivity contribution is 0.0497. The second kappa shape index (κ2) is 15.0. The predicted molar refractivity (Wildman–Crippen MR) is 123 cm³/mol. The number of carbonyl (C=O) groups is 2. The number of benzene rings is 2. The Kier molecular flexibility index (Phi) is 11.9. The molecule has 174 valence electrons. The first kappa shape index (κ1) is 25.4.